The molecule has 16 heavy (non-hydrogen) atoms. The van der Waals surface area contributed by atoms with Gasteiger partial charge >= 0.3 is 0 Å². The molecule has 90 valence electrons. The van der Waals surface area contributed by atoms with E-state index in [0.717, 1.165) is 0 Å². The monoisotopic (exact) mass is 264 g/mol. The standard InChI is InChI=1S/C9H12ClN3O2.ClH/c1-6(11)5-12-8-3-2-7(10)4-9(8)13(14)15;/h2-4,6,12H,5,11H2,1H3;1H/p-1. The van der Waals surface area contributed by atoms with Gasteiger partial charge in [0.2, 0.25) is 0 Å². The minimum atomic E-state index is -0.477. The number of nitro groups is 1. The molecule has 0 aliphatic rings. The first kappa shape index (κ1) is 15.0. The molecule has 1 rings (SSSR count). The fraction of sp³-hybridized carbons (Fsp3) is 0.333. The summed E-state index contributed by atoms with van der Waals surface area (Å²) >= 11 is 5.67. The molecule has 3 N–H and O–H groups in total. The summed E-state index contributed by atoms with van der Waals surface area (Å²) < 4.78 is 0. The molecule has 0 bridgehead atoms. The predicted molar refractivity (Wildman–Crippen MR) is 60.2 cm³/mol. The number of nitrogens with one attached hydrogen (secondary N) is 1. The van der Waals surface area contributed by atoms with Gasteiger partial charge in [0.25, 0.3) is 5.69 Å². The number of hydrogen-bond acceptors (Lipinski definition) is 4. The van der Waals surface area contributed by atoms with Crippen LogP contribution in [0.2, 0.25) is 5.02 Å². The van der Waals surface area contributed by atoms with Crippen molar-refractivity contribution in [2.45, 2.75) is 13.0 Å². The first-order chi connectivity index (χ1) is 7.00. The molecule has 0 saturated carbocycles. The lowest BCUT2D eigenvalue weighted by atomic mass is 10.2. The Bertz CT molecular complexity index is 372. The van der Waals surface area contributed by atoms with Crippen molar-refractivity contribution in [3.63, 3.8) is 0 Å². The highest BCUT2D eigenvalue weighted by Crippen LogP contribution is 2.27. The number of anilines is 1. The largest absolute Gasteiger partial charge is 1.00 e. The van der Waals surface area contributed by atoms with Crippen molar-refractivity contribution in [3.8, 4) is 0 Å². The summed E-state index contributed by atoms with van der Waals surface area (Å²) in [7, 11) is 0. The smallest absolute Gasteiger partial charge is 0.293 e. The predicted octanol–water partition coefficient (Wildman–Crippen LogP) is -0.989. The van der Waals surface area contributed by atoms with Crippen LogP contribution >= 0.6 is 11.6 Å². The van der Waals surface area contributed by atoms with Crippen LogP contribution in [0.25, 0.3) is 0 Å². The van der Waals surface area contributed by atoms with Crippen LogP contribution in [-0.4, -0.2) is 17.5 Å². The van der Waals surface area contributed by atoms with Gasteiger partial charge in [0.15, 0.2) is 0 Å². The van der Waals surface area contributed by atoms with Crippen LogP contribution in [0.3, 0.4) is 0 Å². The molecule has 5 nitrogen and oxygen atoms in total. The topological polar surface area (TPSA) is 81.2 Å². The molecule has 0 aliphatic carbocycles. The summed E-state index contributed by atoms with van der Waals surface area (Å²) in [6, 6.07) is 4.41. The number of benzene rings is 1. The number of nitro benzene ring substituents is 1. The van der Waals surface area contributed by atoms with E-state index in [-0.39, 0.29) is 24.1 Å². The Morgan fingerprint density at radius 1 is 1.62 bits per heavy atom. The van der Waals surface area contributed by atoms with E-state index in [2.05, 4.69) is 5.32 Å². The van der Waals surface area contributed by atoms with Crippen molar-refractivity contribution < 1.29 is 17.3 Å². The maximum absolute atomic E-state index is 10.7. The summed E-state index contributed by atoms with van der Waals surface area (Å²) in [5, 5.41) is 13.9. The zero-order chi connectivity index (χ0) is 11.4. The SMILES string of the molecule is CC(N)CNc1ccc(Cl)cc1[N+](=O)[O-].[Cl-]. The molecule has 0 radical (unpaired) electrons. The third-order valence-electron chi connectivity index (χ3n) is 1.77. The second kappa shape index (κ2) is 6.52. The molecule has 7 heteroatoms. The minimum absolute atomic E-state index is 0. The molecule has 0 saturated heterocycles. The number of hydrogen-bond donors (Lipinski definition) is 2. The summed E-state index contributed by atoms with van der Waals surface area (Å²) in [6.07, 6.45) is 0. The Morgan fingerprint density at radius 2 is 2.25 bits per heavy atom. The Labute approximate surface area is 105 Å². The Balaban J connectivity index is 0.00000225. The van der Waals surface area contributed by atoms with E-state index in [9.17, 15) is 10.1 Å². The van der Waals surface area contributed by atoms with Gasteiger partial charge in [0, 0.05) is 23.7 Å². The van der Waals surface area contributed by atoms with Gasteiger partial charge in [-0.05, 0) is 19.1 Å². The molecule has 0 aromatic heterocycles. The van der Waals surface area contributed by atoms with Crippen molar-refractivity contribution in [2.24, 2.45) is 5.73 Å². The third kappa shape index (κ3) is 4.22. The van der Waals surface area contributed by atoms with Crippen LogP contribution in [0.1, 0.15) is 6.92 Å². The van der Waals surface area contributed by atoms with Gasteiger partial charge < -0.3 is 23.5 Å². The average molecular weight is 265 g/mol. The third-order valence-corrected chi connectivity index (χ3v) is 2.01. The van der Waals surface area contributed by atoms with Crippen LogP contribution in [0, 0.1) is 10.1 Å². The van der Waals surface area contributed by atoms with Crippen molar-refractivity contribution in [2.75, 3.05) is 11.9 Å². The molecule has 0 heterocycles. The summed E-state index contributed by atoms with van der Waals surface area (Å²) in [5.41, 5.74) is 5.93. The molecule has 0 spiro atoms. The van der Waals surface area contributed by atoms with Crippen molar-refractivity contribution in [3.05, 3.63) is 33.3 Å². The van der Waals surface area contributed by atoms with E-state index in [1.165, 1.54) is 6.07 Å². The van der Waals surface area contributed by atoms with Gasteiger partial charge in [-0.15, -0.1) is 0 Å². The van der Waals surface area contributed by atoms with Gasteiger partial charge in [0.05, 0.1) is 4.92 Å². The molecule has 1 aromatic carbocycles. The second-order valence-corrected chi connectivity index (χ2v) is 3.71. The normalized spacial score (nSPS) is 11.4. The van der Waals surface area contributed by atoms with Crippen molar-refractivity contribution >= 4 is 23.0 Å². The minimum Gasteiger partial charge on any atom is -1.00 e. The quantitative estimate of drug-likeness (QED) is 0.541. The van der Waals surface area contributed by atoms with Crippen LogP contribution in [-0.2, 0) is 0 Å². The molecular formula is C9H12Cl2N3O2-. The van der Waals surface area contributed by atoms with Gasteiger partial charge in [-0.3, -0.25) is 10.1 Å². The summed E-state index contributed by atoms with van der Waals surface area (Å²) in [5.74, 6) is 0. The van der Waals surface area contributed by atoms with Gasteiger partial charge in [0.1, 0.15) is 5.69 Å². The average Bonchev–Trinajstić information content (AvgIpc) is 2.15. The Kier molecular flexibility index (Phi) is 6.10. The highest BCUT2D eigenvalue weighted by Gasteiger charge is 2.13. The van der Waals surface area contributed by atoms with Gasteiger partial charge in [-0.25, -0.2) is 0 Å². The lowest BCUT2D eigenvalue weighted by Gasteiger charge is -2.09. The first-order valence-corrected chi connectivity index (χ1v) is 4.82. The maximum atomic E-state index is 10.7. The van der Waals surface area contributed by atoms with E-state index < -0.39 is 4.92 Å². The van der Waals surface area contributed by atoms with E-state index >= 15 is 0 Å². The lowest BCUT2D eigenvalue weighted by Crippen LogP contribution is -3.00. The number of nitrogens with two attached hydrogens (primary N) is 1. The molecule has 0 fully saturated rings. The fourth-order valence-electron chi connectivity index (χ4n) is 1.08. The van der Waals surface area contributed by atoms with Gasteiger partial charge in [-0.1, -0.05) is 11.6 Å². The Hall–Kier alpha value is -1.04. The summed E-state index contributed by atoms with van der Waals surface area (Å²) in [4.78, 5) is 10.2. The number of halogens is 2. The molecule has 0 aliphatic heterocycles. The maximum Gasteiger partial charge on any atom is 0.293 e. The highest BCUT2D eigenvalue weighted by atomic mass is 35.5. The molecule has 0 amide bonds. The van der Waals surface area contributed by atoms with E-state index in [4.69, 9.17) is 17.3 Å². The van der Waals surface area contributed by atoms with Crippen LogP contribution in [0.5, 0.6) is 0 Å². The molecular weight excluding hydrogens is 253 g/mol. The second-order valence-electron chi connectivity index (χ2n) is 3.28. The fourth-order valence-corrected chi connectivity index (χ4v) is 1.24. The zero-order valence-electron chi connectivity index (χ0n) is 8.61. The van der Waals surface area contributed by atoms with Crippen LogP contribution in [0.15, 0.2) is 18.2 Å². The Morgan fingerprint density at radius 3 is 2.75 bits per heavy atom. The summed E-state index contributed by atoms with van der Waals surface area (Å²) in [6.45, 7) is 2.29. The van der Waals surface area contributed by atoms with Gasteiger partial charge in [-0.2, -0.15) is 0 Å². The number of nitrogens with zero attached hydrogens (tertiary/aromatic N) is 1. The highest BCUT2D eigenvalue weighted by molar-refractivity contribution is 6.30. The van der Waals surface area contributed by atoms with Crippen LogP contribution in [0.4, 0.5) is 11.4 Å². The molecule has 1 unspecified atom stereocenters. The zero-order valence-corrected chi connectivity index (χ0v) is 10.1. The number of rotatable bonds is 4. The van der Waals surface area contributed by atoms with Crippen molar-refractivity contribution in [1.82, 2.24) is 0 Å². The first-order valence-electron chi connectivity index (χ1n) is 4.44. The molecule has 1 atom stereocenters. The lowest BCUT2D eigenvalue weighted by molar-refractivity contribution is -0.383. The van der Waals surface area contributed by atoms with Crippen molar-refractivity contribution in [1.29, 1.82) is 0 Å². The van der Waals surface area contributed by atoms with E-state index in [1.807, 2.05) is 6.92 Å². The van der Waals surface area contributed by atoms with E-state index in [1.54, 1.807) is 12.1 Å². The van der Waals surface area contributed by atoms with Crippen LogP contribution < -0.4 is 23.5 Å². The van der Waals surface area contributed by atoms with E-state index in [0.29, 0.717) is 17.3 Å². The molecule has 1 aromatic rings.